The van der Waals surface area contributed by atoms with E-state index in [9.17, 15) is 26.3 Å². The van der Waals surface area contributed by atoms with Gasteiger partial charge in [0, 0.05) is 28.7 Å². The number of rotatable bonds is 3. The molecule has 0 amide bonds. The predicted molar refractivity (Wildman–Crippen MR) is 113 cm³/mol. The lowest BCUT2D eigenvalue weighted by molar-refractivity contribution is -0.143. The zero-order valence-corrected chi connectivity index (χ0v) is 17.7. The number of tetrazole rings is 1. The quantitative estimate of drug-likeness (QED) is 0.346. The third-order valence-corrected chi connectivity index (χ3v) is 5.99. The summed E-state index contributed by atoms with van der Waals surface area (Å²) in [6.07, 6.45) is -5.22. The average Bonchev–Trinajstić information content (AvgIpc) is 3.40. The van der Waals surface area contributed by atoms with Crippen molar-refractivity contribution in [2.24, 2.45) is 0 Å². The summed E-state index contributed by atoms with van der Waals surface area (Å²) < 4.78 is 82.0. The summed E-state index contributed by atoms with van der Waals surface area (Å²) in [5, 5.41) is 14.8. The Kier molecular flexibility index (Phi) is 5.03. The van der Waals surface area contributed by atoms with Gasteiger partial charge in [0.15, 0.2) is 0 Å². The van der Waals surface area contributed by atoms with Gasteiger partial charge in [-0.05, 0) is 71.2 Å². The summed E-state index contributed by atoms with van der Waals surface area (Å²) in [6, 6.07) is 7.09. The Hall–Kier alpha value is -3.63. The maximum Gasteiger partial charge on any atom is 0.416 e. The van der Waals surface area contributed by atoms with Gasteiger partial charge in [-0.15, -0.1) is 10.2 Å². The second-order valence-corrected chi connectivity index (χ2v) is 8.31. The van der Waals surface area contributed by atoms with Gasteiger partial charge in [-0.3, -0.25) is 0 Å². The van der Waals surface area contributed by atoms with Crippen LogP contribution in [0.5, 0.6) is 0 Å². The molecule has 0 bridgehead atoms. The first-order valence-corrected chi connectivity index (χ1v) is 10.4. The highest BCUT2D eigenvalue weighted by Gasteiger charge is 2.37. The maximum absolute atomic E-state index is 13.4. The second kappa shape index (κ2) is 7.71. The Morgan fingerprint density at radius 3 is 2.32 bits per heavy atom. The zero-order chi connectivity index (χ0) is 24.3. The Morgan fingerprint density at radius 1 is 1.00 bits per heavy atom. The van der Waals surface area contributed by atoms with Gasteiger partial charge in [0.05, 0.1) is 11.1 Å². The highest BCUT2D eigenvalue weighted by atomic mass is 19.4. The van der Waals surface area contributed by atoms with Crippen LogP contribution in [-0.2, 0) is 18.9 Å². The van der Waals surface area contributed by atoms with Gasteiger partial charge < -0.3 is 4.57 Å². The molecule has 0 saturated heterocycles. The van der Waals surface area contributed by atoms with Gasteiger partial charge >= 0.3 is 12.4 Å². The van der Waals surface area contributed by atoms with Gasteiger partial charge in [-0.1, -0.05) is 13.0 Å². The fraction of sp³-hybridized carbons (Fsp3) is 0.261. The molecule has 34 heavy (non-hydrogen) atoms. The van der Waals surface area contributed by atoms with E-state index in [1.807, 2.05) is 25.1 Å². The predicted octanol–water partition coefficient (Wildman–Crippen LogP) is 6.43. The average molecular weight is 477 g/mol. The van der Waals surface area contributed by atoms with Crippen LogP contribution < -0.4 is 0 Å². The number of alkyl halides is 6. The van der Waals surface area contributed by atoms with Gasteiger partial charge in [-0.2, -0.15) is 31.6 Å². The van der Waals surface area contributed by atoms with Crippen molar-refractivity contribution in [1.82, 2.24) is 25.2 Å². The van der Waals surface area contributed by atoms with E-state index in [2.05, 4.69) is 20.6 Å². The highest BCUT2D eigenvalue weighted by molar-refractivity contribution is 5.92. The molecule has 0 radical (unpaired) electrons. The lowest BCUT2D eigenvalue weighted by Gasteiger charge is -2.18. The SMILES string of the molecule is CC1CC=Cc2c1c1cc(-c3nn[nH]n3)ccc1n2Cc1cc(C(F)(F)F)cc(C(F)(F)F)c1. The number of aromatic amines is 1. The molecule has 1 aliphatic rings. The molecule has 1 aliphatic carbocycles. The van der Waals surface area contributed by atoms with Crippen molar-refractivity contribution < 1.29 is 26.3 Å². The van der Waals surface area contributed by atoms with Crippen LogP contribution in [0, 0.1) is 0 Å². The van der Waals surface area contributed by atoms with Crippen LogP contribution in [-0.4, -0.2) is 25.2 Å². The van der Waals surface area contributed by atoms with E-state index in [-0.39, 0.29) is 24.1 Å². The van der Waals surface area contributed by atoms with E-state index in [4.69, 9.17) is 0 Å². The smallest absolute Gasteiger partial charge is 0.336 e. The number of hydrogen-bond acceptors (Lipinski definition) is 3. The largest absolute Gasteiger partial charge is 0.416 e. The normalized spacial score (nSPS) is 16.3. The first-order chi connectivity index (χ1) is 16.0. The molecule has 2 aromatic heterocycles. The van der Waals surface area contributed by atoms with E-state index in [1.165, 1.54) is 0 Å². The fourth-order valence-electron chi connectivity index (χ4n) is 4.49. The van der Waals surface area contributed by atoms with Crippen molar-refractivity contribution >= 4 is 17.0 Å². The van der Waals surface area contributed by atoms with Crippen LogP contribution in [0.4, 0.5) is 26.3 Å². The second-order valence-electron chi connectivity index (χ2n) is 8.31. The number of H-pyrrole nitrogens is 1. The molecule has 0 spiro atoms. The molecule has 5 nitrogen and oxygen atoms in total. The van der Waals surface area contributed by atoms with Crippen molar-refractivity contribution in [1.29, 1.82) is 0 Å². The van der Waals surface area contributed by atoms with E-state index < -0.39 is 23.5 Å². The molecule has 0 saturated carbocycles. The molecule has 0 fully saturated rings. The highest BCUT2D eigenvalue weighted by Crippen LogP contribution is 2.41. The standard InChI is InChI=1S/C23H17F6N5/c1-12-3-2-4-19-20(12)17-9-14(21-30-32-33-31-21)5-6-18(17)34(19)11-13-7-15(22(24,25)26)10-16(8-13)23(27,28)29/h2,4-10,12H,3,11H2,1H3,(H,30,31,32,33). The van der Waals surface area contributed by atoms with Crippen LogP contribution in [0.1, 0.15) is 47.2 Å². The monoisotopic (exact) mass is 477 g/mol. The summed E-state index contributed by atoms with van der Waals surface area (Å²) in [7, 11) is 0. The first kappa shape index (κ1) is 22.2. The number of nitrogens with zero attached hydrogens (tertiary/aromatic N) is 4. The lowest BCUT2D eigenvalue weighted by atomic mass is 9.90. The summed E-state index contributed by atoms with van der Waals surface area (Å²) in [5.41, 5.74) is 0.381. The number of nitrogens with one attached hydrogen (secondary N) is 1. The van der Waals surface area contributed by atoms with Crippen molar-refractivity contribution in [2.45, 2.75) is 38.2 Å². The molecule has 1 N–H and O–H groups in total. The molecular formula is C23H17F6N5. The number of aromatic nitrogens is 5. The summed E-state index contributed by atoms with van der Waals surface area (Å²) >= 11 is 0. The molecule has 2 aromatic carbocycles. The van der Waals surface area contributed by atoms with E-state index in [0.717, 1.165) is 35.2 Å². The molecule has 11 heteroatoms. The number of fused-ring (bicyclic) bond motifs is 3. The zero-order valence-electron chi connectivity index (χ0n) is 17.7. The van der Waals surface area contributed by atoms with Gasteiger partial charge in [0.25, 0.3) is 0 Å². The third-order valence-electron chi connectivity index (χ3n) is 5.99. The molecular weight excluding hydrogens is 460 g/mol. The lowest BCUT2D eigenvalue weighted by Crippen LogP contribution is -2.13. The number of benzene rings is 2. The van der Waals surface area contributed by atoms with E-state index in [1.54, 1.807) is 16.7 Å². The summed E-state index contributed by atoms with van der Waals surface area (Å²) in [6.45, 7) is 1.87. The van der Waals surface area contributed by atoms with Crippen molar-refractivity contribution in [3.63, 3.8) is 0 Å². The number of halogens is 6. The number of allylic oxidation sites excluding steroid dienone is 1. The minimum atomic E-state index is -4.90. The van der Waals surface area contributed by atoms with Crippen molar-refractivity contribution in [2.75, 3.05) is 0 Å². The van der Waals surface area contributed by atoms with Crippen molar-refractivity contribution in [3.8, 4) is 11.4 Å². The Bertz CT molecular complexity index is 1360. The topological polar surface area (TPSA) is 59.4 Å². The van der Waals surface area contributed by atoms with Crippen LogP contribution in [0.25, 0.3) is 28.4 Å². The molecule has 4 aromatic rings. The van der Waals surface area contributed by atoms with Crippen LogP contribution in [0.2, 0.25) is 0 Å². The summed E-state index contributed by atoms with van der Waals surface area (Å²) in [5.74, 6) is 0.492. The Labute approximate surface area is 189 Å². The number of hydrogen-bond donors (Lipinski definition) is 1. The first-order valence-electron chi connectivity index (χ1n) is 10.4. The third kappa shape index (κ3) is 3.84. The molecule has 176 valence electrons. The van der Waals surface area contributed by atoms with E-state index >= 15 is 0 Å². The maximum atomic E-state index is 13.4. The molecule has 1 unspecified atom stereocenters. The minimum Gasteiger partial charge on any atom is -0.336 e. The van der Waals surface area contributed by atoms with Gasteiger partial charge in [0.1, 0.15) is 0 Å². The van der Waals surface area contributed by atoms with Crippen molar-refractivity contribution in [3.05, 3.63) is 70.4 Å². The Balaban J connectivity index is 1.69. The molecule has 5 rings (SSSR count). The molecule has 1 atom stereocenters. The Morgan fingerprint density at radius 2 is 1.71 bits per heavy atom. The van der Waals surface area contributed by atoms with Crippen LogP contribution >= 0.6 is 0 Å². The van der Waals surface area contributed by atoms with Gasteiger partial charge in [0.2, 0.25) is 5.82 Å². The minimum absolute atomic E-state index is 0.0873. The summed E-state index contributed by atoms with van der Waals surface area (Å²) in [4.78, 5) is 0. The molecule has 0 aliphatic heterocycles. The van der Waals surface area contributed by atoms with Crippen LogP contribution in [0.3, 0.4) is 0 Å². The van der Waals surface area contributed by atoms with Gasteiger partial charge in [-0.25, -0.2) is 0 Å². The fourth-order valence-corrected chi connectivity index (χ4v) is 4.49. The van der Waals surface area contributed by atoms with E-state index in [0.29, 0.717) is 16.9 Å². The van der Waals surface area contributed by atoms with Crippen LogP contribution in [0.15, 0.2) is 42.5 Å². The molecule has 2 heterocycles.